The molecule has 0 fully saturated rings. The predicted molar refractivity (Wildman–Crippen MR) is 75.1 cm³/mol. The van der Waals surface area contributed by atoms with Gasteiger partial charge in [0.25, 0.3) is 0 Å². The van der Waals surface area contributed by atoms with Gasteiger partial charge in [-0.1, -0.05) is 17.7 Å². The van der Waals surface area contributed by atoms with Gasteiger partial charge in [-0.05, 0) is 38.5 Å². The highest BCUT2D eigenvalue weighted by atomic mass is 35.5. The molecule has 0 bridgehead atoms. The smallest absolute Gasteiger partial charge is 0.0898 e. The number of aryl methyl sites for hydroxylation is 1. The van der Waals surface area contributed by atoms with E-state index in [0.29, 0.717) is 0 Å². The fraction of sp³-hybridized carbons (Fsp3) is 0.308. The maximum Gasteiger partial charge on any atom is 0.0898 e. The van der Waals surface area contributed by atoms with Gasteiger partial charge in [-0.3, -0.25) is 0 Å². The van der Waals surface area contributed by atoms with Gasteiger partial charge in [0.2, 0.25) is 0 Å². The first-order valence-electron chi connectivity index (χ1n) is 5.51. The summed E-state index contributed by atoms with van der Waals surface area (Å²) < 4.78 is 0. The first-order valence-corrected chi connectivity index (χ1v) is 6.77. The summed E-state index contributed by atoms with van der Waals surface area (Å²) in [6, 6.07) is 6.09. The molecule has 1 unspecified atom stereocenters. The highest BCUT2D eigenvalue weighted by Gasteiger charge is 2.10. The van der Waals surface area contributed by atoms with Crippen LogP contribution >= 0.6 is 22.9 Å². The maximum absolute atomic E-state index is 6.09. The van der Waals surface area contributed by atoms with Crippen LogP contribution in [0, 0.1) is 13.8 Å². The molecule has 0 radical (unpaired) electrons. The minimum Gasteiger partial charge on any atom is -0.377 e. The largest absolute Gasteiger partial charge is 0.377 e. The van der Waals surface area contributed by atoms with Gasteiger partial charge in [-0.25, -0.2) is 4.98 Å². The van der Waals surface area contributed by atoms with Crippen LogP contribution in [0.25, 0.3) is 0 Å². The molecule has 17 heavy (non-hydrogen) atoms. The third kappa shape index (κ3) is 2.79. The fourth-order valence-corrected chi connectivity index (χ4v) is 2.53. The van der Waals surface area contributed by atoms with Gasteiger partial charge in [-0.15, -0.1) is 11.3 Å². The molecule has 0 aliphatic heterocycles. The van der Waals surface area contributed by atoms with Crippen molar-refractivity contribution in [1.29, 1.82) is 0 Å². The molecular formula is C13H15ClN2S. The first-order chi connectivity index (χ1) is 8.08. The Hall–Kier alpha value is -1.06. The minimum atomic E-state index is 0.192. The molecule has 1 N–H and O–H groups in total. The number of halogens is 1. The zero-order valence-corrected chi connectivity index (χ0v) is 11.7. The van der Waals surface area contributed by atoms with Crippen molar-refractivity contribution in [2.75, 3.05) is 5.32 Å². The van der Waals surface area contributed by atoms with E-state index in [9.17, 15) is 0 Å². The Morgan fingerprint density at radius 2 is 2.12 bits per heavy atom. The number of nitrogens with one attached hydrogen (secondary N) is 1. The zero-order chi connectivity index (χ0) is 12.4. The second-order valence-corrected chi connectivity index (χ2v) is 5.54. The van der Waals surface area contributed by atoms with E-state index in [1.807, 2.05) is 32.0 Å². The zero-order valence-electron chi connectivity index (χ0n) is 10.1. The molecule has 1 aromatic heterocycles. The number of aromatic nitrogens is 1. The molecule has 1 atom stereocenters. The van der Waals surface area contributed by atoms with Crippen LogP contribution < -0.4 is 5.32 Å². The number of anilines is 1. The van der Waals surface area contributed by atoms with Crippen molar-refractivity contribution in [3.05, 3.63) is 44.9 Å². The van der Waals surface area contributed by atoms with Gasteiger partial charge in [-0.2, -0.15) is 0 Å². The summed E-state index contributed by atoms with van der Waals surface area (Å²) in [7, 11) is 0. The molecule has 0 amide bonds. The van der Waals surface area contributed by atoms with E-state index in [2.05, 4.69) is 22.6 Å². The second kappa shape index (κ2) is 5.07. The van der Waals surface area contributed by atoms with Crippen LogP contribution in [0.15, 0.2) is 23.6 Å². The third-order valence-electron chi connectivity index (χ3n) is 2.72. The van der Waals surface area contributed by atoms with Gasteiger partial charge in [0, 0.05) is 16.1 Å². The van der Waals surface area contributed by atoms with Gasteiger partial charge >= 0.3 is 0 Å². The van der Waals surface area contributed by atoms with E-state index in [1.54, 1.807) is 11.3 Å². The molecule has 0 aliphatic rings. The van der Waals surface area contributed by atoms with Crippen LogP contribution in [0.3, 0.4) is 0 Å². The van der Waals surface area contributed by atoms with Crippen LogP contribution in [0.1, 0.15) is 29.2 Å². The third-order valence-corrected chi connectivity index (χ3v) is 3.92. The molecule has 0 saturated heterocycles. The number of hydrogen-bond donors (Lipinski definition) is 1. The summed E-state index contributed by atoms with van der Waals surface area (Å²) >= 11 is 7.77. The van der Waals surface area contributed by atoms with Crippen LogP contribution in [-0.2, 0) is 0 Å². The Labute approximate surface area is 111 Å². The second-order valence-electron chi connectivity index (χ2n) is 4.07. The SMILES string of the molecule is Cc1nc(C(C)Nc2cccc(Cl)c2C)cs1. The topological polar surface area (TPSA) is 24.9 Å². The van der Waals surface area contributed by atoms with Crippen molar-refractivity contribution in [3.8, 4) is 0 Å². The van der Waals surface area contributed by atoms with Crippen molar-refractivity contribution in [2.24, 2.45) is 0 Å². The normalized spacial score (nSPS) is 12.5. The number of nitrogens with zero attached hydrogens (tertiary/aromatic N) is 1. The van der Waals surface area contributed by atoms with E-state index >= 15 is 0 Å². The summed E-state index contributed by atoms with van der Waals surface area (Å²) in [4.78, 5) is 4.48. The van der Waals surface area contributed by atoms with Gasteiger partial charge in [0.1, 0.15) is 0 Å². The lowest BCUT2D eigenvalue weighted by Crippen LogP contribution is -2.08. The molecular weight excluding hydrogens is 252 g/mol. The van der Waals surface area contributed by atoms with E-state index in [1.165, 1.54) is 0 Å². The van der Waals surface area contributed by atoms with E-state index in [0.717, 1.165) is 27.0 Å². The molecule has 0 spiro atoms. The van der Waals surface area contributed by atoms with Gasteiger partial charge in [0.15, 0.2) is 0 Å². The summed E-state index contributed by atoms with van der Waals surface area (Å²) in [5.41, 5.74) is 3.22. The average Bonchev–Trinajstić information content (AvgIpc) is 2.72. The number of benzene rings is 1. The maximum atomic E-state index is 6.09. The van der Waals surface area contributed by atoms with Gasteiger partial charge < -0.3 is 5.32 Å². The lowest BCUT2D eigenvalue weighted by atomic mass is 10.1. The molecule has 0 saturated carbocycles. The van der Waals surface area contributed by atoms with E-state index < -0.39 is 0 Å². The minimum absolute atomic E-state index is 0.192. The molecule has 4 heteroatoms. The molecule has 1 aromatic carbocycles. The molecule has 1 heterocycles. The Bertz CT molecular complexity index is 522. The highest BCUT2D eigenvalue weighted by Crippen LogP contribution is 2.27. The van der Waals surface area contributed by atoms with Crippen molar-refractivity contribution < 1.29 is 0 Å². The van der Waals surface area contributed by atoms with Crippen molar-refractivity contribution in [2.45, 2.75) is 26.8 Å². The monoisotopic (exact) mass is 266 g/mol. The van der Waals surface area contributed by atoms with Crippen LogP contribution in [0.2, 0.25) is 5.02 Å². The average molecular weight is 267 g/mol. The molecule has 0 aliphatic carbocycles. The molecule has 2 rings (SSSR count). The predicted octanol–water partition coefficient (Wildman–Crippen LogP) is 4.59. The number of rotatable bonds is 3. The van der Waals surface area contributed by atoms with Crippen LogP contribution in [0.5, 0.6) is 0 Å². The Morgan fingerprint density at radius 3 is 2.76 bits per heavy atom. The van der Waals surface area contributed by atoms with Crippen molar-refractivity contribution in [1.82, 2.24) is 4.98 Å². The lowest BCUT2D eigenvalue weighted by molar-refractivity contribution is 0.844. The lowest BCUT2D eigenvalue weighted by Gasteiger charge is -2.15. The van der Waals surface area contributed by atoms with Crippen LogP contribution in [0.4, 0.5) is 5.69 Å². The van der Waals surface area contributed by atoms with Crippen LogP contribution in [-0.4, -0.2) is 4.98 Å². The summed E-state index contributed by atoms with van der Waals surface area (Å²) in [5, 5.41) is 7.41. The molecule has 2 nitrogen and oxygen atoms in total. The van der Waals surface area contributed by atoms with Crippen molar-refractivity contribution >= 4 is 28.6 Å². The standard InChI is InChI=1S/C13H15ClN2S/c1-8-11(14)5-4-6-12(8)15-9(2)13-7-17-10(3)16-13/h4-7,9,15H,1-3H3. The summed E-state index contributed by atoms with van der Waals surface area (Å²) in [5.74, 6) is 0. The summed E-state index contributed by atoms with van der Waals surface area (Å²) in [6.07, 6.45) is 0. The van der Waals surface area contributed by atoms with Gasteiger partial charge in [0.05, 0.1) is 16.7 Å². The quantitative estimate of drug-likeness (QED) is 0.879. The Kier molecular flexibility index (Phi) is 3.69. The number of hydrogen-bond acceptors (Lipinski definition) is 3. The fourth-order valence-electron chi connectivity index (χ4n) is 1.65. The molecule has 2 aromatic rings. The Balaban J connectivity index is 2.18. The van der Waals surface area contributed by atoms with E-state index in [-0.39, 0.29) is 6.04 Å². The van der Waals surface area contributed by atoms with Crippen molar-refractivity contribution in [3.63, 3.8) is 0 Å². The summed E-state index contributed by atoms with van der Waals surface area (Å²) in [6.45, 7) is 6.14. The number of thiazole rings is 1. The Morgan fingerprint density at radius 1 is 1.35 bits per heavy atom. The highest BCUT2D eigenvalue weighted by molar-refractivity contribution is 7.09. The van der Waals surface area contributed by atoms with E-state index in [4.69, 9.17) is 11.6 Å². The first kappa shape index (κ1) is 12.4. The molecule has 90 valence electrons.